The highest BCUT2D eigenvalue weighted by molar-refractivity contribution is 6.10. The molecule has 0 aliphatic heterocycles. The first kappa shape index (κ1) is 19.3. The SMILES string of the molecule is O=C(/C=C/c1cccc(F)c1)O[C@@H](C(=O)c1c[nH]c2ccccc12)c1ccccc1. The number of ketones is 1. The van der Waals surface area contributed by atoms with Crippen LogP contribution in [0.3, 0.4) is 0 Å². The van der Waals surface area contributed by atoms with Crippen molar-refractivity contribution in [2.45, 2.75) is 6.10 Å². The fraction of sp³-hybridized carbons (Fsp3) is 0.0400. The molecular weight excluding hydrogens is 381 g/mol. The van der Waals surface area contributed by atoms with Crippen LogP contribution in [0.15, 0.2) is 91.1 Å². The van der Waals surface area contributed by atoms with Gasteiger partial charge in [-0.25, -0.2) is 9.18 Å². The highest BCUT2D eigenvalue weighted by Gasteiger charge is 2.27. The number of carbonyl (C=O) groups is 2. The van der Waals surface area contributed by atoms with E-state index in [1.165, 1.54) is 24.3 Å². The van der Waals surface area contributed by atoms with Gasteiger partial charge >= 0.3 is 5.97 Å². The number of Topliss-reactive ketones (excluding diaryl/α,β-unsaturated/α-hetero) is 1. The van der Waals surface area contributed by atoms with E-state index in [-0.39, 0.29) is 5.78 Å². The highest BCUT2D eigenvalue weighted by Crippen LogP contribution is 2.27. The standard InChI is InChI=1S/C25H18FNO3/c26-19-10-6-7-17(15-19)13-14-23(28)30-25(18-8-2-1-3-9-18)24(29)21-16-27-22-12-5-4-11-20(21)22/h1-16,25,27H/b14-13+/t25-/m1/s1. The van der Waals surface area contributed by atoms with Gasteiger partial charge in [-0.15, -0.1) is 0 Å². The second-order valence-electron chi connectivity index (χ2n) is 6.73. The summed E-state index contributed by atoms with van der Waals surface area (Å²) >= 11 is 0. The Hall–Kier alpha value is -3.99. The zero-order chi connectivity index (χ0) is 20.9. The van der Waals surface area contributed by atoms with Crippen LogP contribution in [0.2, 0.25) is 0 Å². The Balaban J connectivity index is 1.62. The smallest absolute Gasteiger partial charge is 0.331 e. The monoisotopic (exact) mass is 399 g/mol. The molecular formula is C25H18FNO3. The van der Waals surface area contributed by atoms with Gasteiger partial charge in [-0.2, -0.15) is 0 Å². The van der Waals surface area contributed by atoms with Crippen LogP contribution in [-0.2, 0) is 9.53 Å². The lowest BCUT2D eigenvalue weighted by Crippen LogP contribution is -2.19. The van der Waals surface area contributed by atoms with Gasteiger partial charge in [0.25, 0.3) is 0 Å². The first-order valence-electron chi connectivity index (χ1n) is 9.41. The molecule has 1 aromatic heterocycles. The molecule has 4 nitrogen and oxygen atoms in total. The fourth-order valence-corrected chi connectivity index (χ4v) is 3.25. The Kier molecular flexibility index (Phi) is 5.52. The van der Waals surface area contributed by atoms with Crippen LogP contribution in [0.1, 0.15) is 27.6 Å². The van der Waals surface area contributed by atoms with Crippen LogP contribution in [0, 0.1) is 5.82 Å². The van der Waals surface area contributed by atoms with Crippen LogP contribution < -0.4 is 0 Å². The number of hydrogen-bond donors (Lipinski definition) is 1. The van der Waals surface area contributed by atoms with E-state index in [4.69, 9.17) is 4.74 Å². The number of aromatic nitrogens is 1. The Morgan fingerprint density at radius 3 is 2.50 bits per heavy atom. The summed E-state index contributed by atoms with van der Waals surface area (Å²) in [5.74, 6) is -1.42. The Bertz CT molecular complexity index is 1230. The minimum atomic E-state index is -1.10. The van der Waals surface area contributed by atoms with Crippen LogP contribution in [0.5, 0.6) is 0 Å². The number of aromatic amines is 1. The van der Waals surface area contributed by atoms with E-state index in [0.717, 1.165) is 10.9 Å². The van der Waals surface area contributed by atoms with Gasteiger partial charge in [-0.05, 0) is 29.8 Å². The number of hydrogen-bond acceptors (Lipinski definition) is 3. The maximum absolute atomic E-state index is 13.3. The summed E-state index contributed by atoms with van der Waals surface area (Å²) in [5, 5.41) is 0.759. The molecule has 0 saturated carbocycles. The number of benzene rings is 3. The van der Waals surface area contributed by atoms with E-state index in [1.807, 2.05) is 30.3 Å². The van der Waals surface area contributed by atoms with Gasteiger partial charge in [0.15, 0.2) is 6.10 Å². The molecule has 1 atom stereocenters. The van der Waals surface area contributed by atoms with Crippen molar-refractivity contribution in [2.75, 3.05) is 0 Å². The zero-order valence-electron chi connectivity index (χ0n) is 15.9. The molecule has 148 valence electrons. The largest absolute Gasteiger partial charge is 0.446 e. The van der Waals surface area contributed by atoms with Gasteiger partial charge in [0.2, 0.25) is 5.78 Å². The molecule has 0 radical (unpaired) electrons. The van der Waals surface area contributed by atoms with Crippen molar-refractivity contribution < 1.29 is 18.7 Å². The molecule has 0 saturated heterocycles. The Morgan fingerprint density at radius 2 is 1.70 bits per heavy atom. The lowest BCUT2D eigenvalue weighted by molar-refractivity contribution is -0.141. The van der Waals surface area contributed by atoms with Gasteiger partial charge in [-0.1, -0.05) is 60.7 Å². The van der Waals surface area contributed by atoms with Gasteiger partial charge in [0, 0.05) is 34.3 Å². The van der Waals surface area contributed by atoms with Crippen molar-refractivity contribution in [1.29, 1.82) is 0 Å². The van der Waals surface area contributed by atoms with Gasteiger partial charge in [0.1, 0.15) is 5.82 Å². The van der Waals surface area contributed by atoms with Gasteiger partial charge in [0.05, 0.1) is 0 Å². The second kappa shape index (κ2) is 8.57. The van der Waals surface area contributed by atoms with Crippen LogP contribution in [0.25, 0.3) is 17.0 Å². The lowest BCUT2D eigenvalue weighted by atomic mass is 9.99. The highest BCUT2D eigenvalue weighted by atomic mass is 19.1. The number of para-hydroxylation sites is 1. The quantitative estimate of drug-likeness (QED) is 0.265. The van der Waals surface area contributed by atoms with Crippen molar-refractivity contribution in [3.05, 3.63) is 114 Å². The van der Waals surface area contributed by atoms with Crippen molar-refractivity contribution >= 4 is 28.7 Å². The average molecular weight is 399 g/mol. The van der Waals surface area contributed by atoms with E-state index in [0.29, 0.717) is 16.7 Å². The zero-order valence-corrected chi connectivity index (χ0v) is 15.9. The second-order valence-corrected chi connectivity index (χ2v) is 6.73. The van der Waals surface area contributed by atoms with Crippen molar-refractivity contribution in [1.82, 2.24) is 4.98 Å². The minimum Gasteiger partial charge on any atom is -0.446 e. The van der Waals surface area contributed by atoms with E-state index >= 15 is 0 Å². The first-order chi connectivity index (χ1) is 14.6. The minimum absolute atomic E-state index is 0.328. The molecule has 3 aromatic carbocycles. The summed E-state index contributed by atoms with van der Waals surface area (Å²) in [6.45, 7) is 0. The van der Waals surface area contributed by atoms with E-state index in [9.17, 15) is 14.0 Å². The number of fused-ring (bicyclic) bond motifs is 1. The van der Waals surface area contributed by atoms with Crippen LogP contribution in [-0.4, -0.2) is 16.7 Å². The predicted octanol–water partition coefficient (Wildman–Crippen LogP) is 5.49. The molecule has 0 aliphatic rings. The maximum Gasteiger partial charge on any atom is 0.331 e. The van der Waals surface area contributed by atoms with Crippen molar-refractivity contribution in [3.8, 4) is 0 Å². The normalized spacial score (nSPS) is 12.2. The topological polar surface area (TPSA) is 59.2 Å². The van der Waals surface area contributed by atoms with Crippen molar-refractivity contribution in [3.63, 3.8) is 0 Å². The molecule has 0 fully saturated rings. The maximum atomic E-state index is 13.3. The van der Waals surface area contributed by atoms with Gasteiger partial charge < -0.3 is 9.72 Å². The number of H-pyrrole nitrogens is 1. The number of halogens is 1. The molecule has 0 amide bonds. The summed E-state index contributed by atoms with van der Waals surface area (Å²) in [7, 11) is 0. The molecule has 1 heterocycles. The summed E-state index contributed by atoms with van der Waals surface area (Å²) in [4.78, 5) is 28.8. The summed E-state index contributed by atoms with van der Waals surface area (Å²) in [5.41, 5.74) is 2.36. The van der Waals surface area contributed by atoms with Crippen molar-refractivity contribution in [2.24, 2.45) is 0 Å². The van der Waals surface area contributed by atoms with Gasteiger partial charge in [-0.3, -0.25) is 4.79 Å². The third-order valence-electron chi connectivity index (χ3n) is 4.69. The average Bonchev–Trinajstić information content (AvgIpc) is 3.20. The molecule has 4 aromatic rings. The number of nitrogens with one attached hydrogen (secondary N) is 1. The molecule has 30 heavy (non-hydrogen) atoms. The molecule has 0 spiro atoms. The summed E-state index contributed by atoms with van der Waals surface area (Å²) in [6, 6.07) is 22.1. The molecule has 0 aliphatic carbocycles. The Labute approximate surface area is 172 Å². The third kappa shape index (κ3) is 4.20. The number of carbonyl (C=O) groups excluding carboxylic acids is 2. The summed E-state index contributed by atoms with van der Waals surface area (Å²) in [6.07, 6.45) is 3.16. The molecule has 4 rings (SSSR count). The van der Waals surface area contributed by atoms with Crippen LogP contribution >= 0.6 is 0 Å². The molecule has 1 N–H and O–H groups in total. The predicted molar refractivity (Wildman–Crippen MR) is 113 cm³/mol. The molecule has 0 bridgehead atoms. The number of rotatable bonds is 6. The number of ether oxygens (including phenoxy) is 1. The number of esters is 1. The molecule has 0 unspecified atom stereocenters. The van der Waals surface area contributed by atoms with Crippen LogP contribution in [0.4, 0.5) is 4.39 Å². The summed E-state index contributed by atoms with van der Waals surface area (Å²) < 4.78 is 18.9. The third-order valence-corrected chi connectivity index (χ3v) is 4.69. The lowest BCUT2D eigenvalue weighted by Gasteiger charge is -2.16. The Morgan fingerprint density at radius 1 is 0.933 bits per heavy atom. The van der Waals surface area contributed by atoms with E-state index in [2.05, 4.69) is 4.98 Å². The van der Waals surface area contributed by atoms with E-state index in [1.54, 1.807) is 42.6 Å². The molecule has 5 heteroatoms. The first-order valence-corrected chi connectivity index (χ1v) is 9.41. The fourth-order valence-electron chi connectivity index (χ4n) is 3.25. The van der Waals surface area contributed by atoms with E-state index < -0.39 is 17.9 Å².